The van der Waals surface area contributed by atoms with Crippen molar-refractivity contribution in [1.29, 1.82) is 0 Å². The Morgan fingerprint density at radius 2 is 0.598 bits per heavy atom. The number of hydrogen-bond donors (Lipinski definition) is 2. The van der Waals surface area contributed by atoms with Crippen LogP contribution in [0, 0.1) is 62.0 Å². The number of fused-ring (bicyclic) bond motifs is 4. The molecule has 0 spiro atoms. The van der Waals surface area contributed by atoms with E-state index in [2.05, 4.69) is 221 Å². The van der Waals surface area contributed by atoms with Crippen LogP contribution in [0.1, 0.15) is 373 Å². The summed E-state index contributed by atoms with van der Waals surface area (Å²) in [6.45, 7) is 95.4. The molecule has 4 aromatic carbocycles. The summed E-state index contributed by atoms with van der Waals surface area (Å²) in [4.78, 5) is 23.1. The molecule has 0 saturated heterocycles. The van der Waals surface area contributed by atoms with E-state index < -0.39 is 0 Å². The maximum atomic E-state index is 4.72. The van der Waals surface area contributed by atoms with Crippen LogP contribution in [-0.2, 0) is 71.8 Å². The Balaban J connectivity index is -0.0000000382. The molecule has 1 aliphatic heterocycles. The number of aryl methyl sites for hydroxylation is 1. The van der Waals surface area contributed by atoms with Crippen LogP contribution in [-0.4, -0.2) is 36.4 Å². The van der Waals surface area contributed by atoms with Gasteiger partial charge in [0, 0.05) is 138 Å². The number of H-pyrrole nitrogens is 1. The van der Waals surface area contributed by atoms with Crippen LogP contribution in [0.3, 0.4) is 0 Å². The van der Waals surface area contributed by atoms with Gasteiger partial charge in [0.05, 0.1) is 16.6 Å². The van der Waals surface area contributed by atoms with Crippen molar-refractivity contribution < 1.29 is 65.4 Å². The summed E-state index contributed by atoms with van der Waals surface area (Å²) in [6.07, 6.45) is 29.1. The first-order valence-corrected chi connectivity index (χ1v) is 42.3. The Bertz CT molecular complexity index is 2390. The zero-order valence-corrected chi connectivity index (χ0v) is 85.5. The molecule has 0 amide bonds. The molecular weight excluding hydrogens is 1570 g/mol. The molecule has 0 aliphatic carbocycles. The third-order valence-electron chi connectivity index (χ3n) is 12.4. The van der Waals surface area contributed by atoms with Crippen molar-refractivity contribution in [3.63, 3.8) is 0 Å². The number of para-hydroxylation sites is 5. The van der Waals surface area contributed by atoms with Gasteiger partial charge in [-0.25, -0.2) is 0 Å². The Hall–Kier alpha value is -5.04. The molecule has 0 atom stereocenters. The Morgan fingerprint density at radius 1 is 0.342 bits per heavy atom. The third-order valence-corrected chi connectivity index (χ3v) is 12.4. The minimum atomic E-state index is 0. The van der Waals surface area contributed by atoms with Crippen LogP contribution in [0.25, 0.3) is 32.8 Å². The summed E-state index contributed by atoms with van der Waals surface area (Å²) in [5.74, 6) is 5.31. The zero-order valence-electron chi connectivity index (χ0n) is 79.9. The van der Waals surface area contributed by atoms with E-state index in [1.165, 1.54) is 91.1 Å². The number of hydrogen-bond acceptors (Lipinski definition) is 6. The fourth-order valence-electron chi connectivity index (χ4n) is 4.96. The second-order valence-electron chi connectivity index (χ2n) is 22.8. The predicted molar refractivity (Wildman–Crippen MR) is 556 cm³/mol. The van der Waals surface area contributed by atoms with Gasteiger partial charge in [0.1, 0.15) is 0 Å². The number of allylic oxidation sites excluding steroid dienone is 2. The molecule has 688 valence electrons. The van der Waals surface area contributed by atoms with E-state index in [1.54, 1.807) is 44.1 Å². The van der Waals surface area contributed by atoms with Gasteiger partial charge in [-0.1, -0.05) is 425 Å². The van der Waals surface area contributed by atoms with Crippen LogP contribution in [0.15, 0.2) is 213 Å². The summed E-state index contributed by atoms with van der Waals surface area (Å²) >= 11 is 0. The molecule has 10 rings (SSSR count). The molecule has 0 saturated carbocycles. The number of nitrogens with zero attached hydrogens (tertiary/aromatic N) is 5. The molecule has 0 unspecified atom stereocenters. The summed E-state index contributed by atoms with van der Waals surface area (Å²) in [6, 6.07) is 50.1. The van der Waals surface area contributed by atoms with Gasteiger partial charge in [0.2, 0.25) is 0 Å². The van der Waals surface area contributed by atoms with Crippen LogP contribution >= 0.6 is 0 Å². The molecular formula is C108H211N7Y2-4. The van der Waals surface area contributed by atoms with E-state index in [4.69, 9.17) is 13.2 Å². The van der Waals surface area contributed by atoms with E-state index in [1.807, 2.05) is 254 Å². The summed E-state index contributed by atoms with van der Waals surface area (Å²) in [7, 11) is 0. The number of nitrogens with one attached hydrogen (secondary N) is 2. The SMILES string of the molecule is C.C.C.C.C.C.C.CC.CC.CC.CC.CC.CC.CC.CC.CC.CCC(C)C.CCC(C)C.CCC(C)C.CCC(C)C.CCC(C)C.CCC(C)C.C[CH-]C.[CH-]=CC=[CH-].[CH2-]C.[Y].[Y].c1ccc2[nH]ccc2c1.c1ccc2c(c1)CCCN2.c1ccc2ncccc2c1.c1ccc2nccnc2c1.c1ccncc1.c1ccncc1. The topological polar surface area (TPSA) is 92.3 Å². The molecule has 2 N–H and O–H groups in total. The smallest absolute Gasteiger partial charge is 0.0886 e. The van der Waals surface area contributed by atoms with Gasteiger partial charge in [0.25, 0.3) is 0 Å². The summed E-state index contributed by atoms with van der Waals surface area (Å²) in [5, 5.41) is 5.84. The standard InChI is InChI=1S/C9H11N.C9H7N.C8H6N2.C8H7N.2C5H5N.6C5H12.C4H4.C3H7.9C2H6.C2H5.7CH4.2Y/c2*1-2-6-9-8(4-1)5-3-7-10-9;1-2-4-8-7(3-1)9-5-6-10-8;1-2-4-8-7(3-1)5-6-9-8;2*1-2-4-6-5-3-1;6*1-4-5(2)3;1-3-4-2;1-3-2;10*1-2;;;;;;;;;/h1-2,4,6,10H,3,5,7H2;1-7H;1-6H;1-6,9H;2*1-5H;6*5H,4H2,1-3H3;1-4H;3H,1-2H3;9*1-2H3;1H2,2H3;7*1H4;;/q;;;;;;;;;;;;-2;-1;;;;;;;;;;-1;;;;;;;;;. The quantitative estimate of drug-likeness (QED) is 0.122. The van der Waals surface area contributed by atoms with Gasteiger partial charge in [-0.15, -0.1) is 0 Å². The third kappa shape index (κ3) is 159. The minimum absolute atomic E-state index is 0. The first kappa shape index (κ1) is 174. The second-order valence-corrected chi connectivity index (χ2v) is 22.8. The van der Waals surface area contributed by atoms with E-state index in [0.29, 0.717) is 0 Å². The predicted octanol–water partition coefficient (Wildman–Crippen LogP) is 39.3. The van der Waals surface area contributed by atoms with Crippen LogP contribution in [0.5, 0.6) is 0 Å². The second kappa shape index (κ2) is 170. The van der Waals surface area contributed by atoms with Gasteiger partial charge in [-0.2, -0.15) is 20.8 Å². The van der Waals surface area contributed by atoms with Crippen molar-refractivity contribution in [1.82, 2.24) is 29.9 Å². The molecule has 1 aliphatic rings. The average molecular weight is 1790 g/mol. The molecule has 6 heterocycles. The van der Waals surface area contributed by atoms with E-state index >= 15 is 0 Å². The van der Waals surface area contributed by atoms with Gasteiger partial charge in [-0.3, -0.25) is 24.9 Å². The van der Waals surface area contributed by atoms with E-state index in [-0.39, 0.29) is 117 Å². The number of pyridine rings is 3. The van der Waals surface area contributed by atoms with Gasteiger partial charge >= 0.3 is 0 Å². The average Bonchev–Trinajstić information content (AvgIpc) is 1.65. The van der Waals surface area contributed by atoms with Crippen LogP contribution in [0.4, 0.5) is 5.69 Å². The molecule has 2 radical (unpaired) electrons. The normalized spacial score (nSPS) is 7.95. The van der Waals surface area contributed by atoms with Gasteiger partial charge in [-0.05, 0) is 126 Å². The number of rotatable bonds is 7. The minimum Gasteiger partial charge on any atom is -0.394 e. The molecule has 7 nitrogen and oxygen atoms in total. The monoisotopic (exact) mass is 1780 g/mol. The maximum absolute atomic E-state index is 4.72. The molecule has 9 aromatic rings. The molecule has 0 bridgehead atoms. The van der Waals surface area contributed by atoms with Crippen LogP contribution in [0.2, 0.25) is 0 Å². The van der Waals surface area contributed by atoms with Crippen molar-refractivity contribution in [2.24, 2.45) is 35.5 Å². The van der Waals surface area contributed by atoms with Crippen molar-refractivity contribution in [2.75, 3.05) is 11.9 Å². The summed E-state index contributed by atoms with van der Waals surface area (Å²) < 4.78 is 0. The Morgan fingerprint density at radius 3 is 0.855 bits per heavy atom. The van der Waals surface area contributed by atoms with E-state index in [9.17, 15) is 0 Å². The number of anilines is 1. The van der Waals surface area contributed by atoms with Crippen molar-refractivity contribution in [2.45, 2.75) is 373 Å². The fraction of sp³-hybridized carbons (Fsp3) is 0.565. The molecule has 0 fully saturated rings. The first-order chi connectivity index (χ1) is 52.3. The van der Waals surface area contributed by atoms with Gasteiger partial charge < -0.3 is 49.0 Å². The fourth-order valence-corrected chi connectivity index (χ4v) is 4.96. The van der Waals surface area contributed by atoms with E-state index in [0.717, 1.165) is 58.6 Å². The Kier molecular flexibility index (Phi) is 252. The number of aromatic amines is 1. The summed E-state index contributed by atoms with van der Waals surface area (Å²) in [5.41, 5.74) is 6.96. The number of benzene rings is 4. The van der Waals surface area contributed by atoms with Crippen molar-refractivity contribution in [3.05, 3.63) is 245 Å². The largest absolute Gasteiger partial charge is 0.394 e. The zero-order chi connectivity index (χ0) is 86.9. The number of aromatic nitrogens is 6. The molecule has 5 aromatic heterocycles. The maximum Gasteiger partial charge on any atom is 0.0886 e. The molecule has 117 heavy (non-hydrogen) atoms. The van der Waals surface area contributed by atoms with Gasteiger partial charge in [0.15, 0.2) is 0 Å². The van der Waals surface area contributed by atoms with Crippen molar-refractivity contribution >= 4 is 38.5 Å². The first-order valence-electron chi connectivity index (χ1n) is 42.3. The molecule has 9 heteroatoms. The Labute approximate surface area is 793 Å². The van der Waals surface area contributed by atoms with Crippen molar-refractivity contribution in [3.8, 4) is 0 Å². The van der Waals surface area contributed by atoms with Crippen LogP contribution < -0.4 is 5.32 Å².